The molecule has 1 unspecified atom stereocenters. The van der Waals surface area contributed by atoms with Crippen molar-refractivity contribution < 1.29 is 27.9 Å². The molecule has 2 aromatic heterocycles. The first-order valence-corrected chi connectivity index (χ1v) is 10.1. The SMILES string of the molecule is CC(C)CN1CCCC1c1ccc(C(=O)Nc2cnn(C)n2)s1.O=C(O)C(F)(F)F. The second-order valence-corrected chi connectivity index (χ2v) is 8.34. The van der Waals surface area contributed by atoms with Gasteiger partial charge in [-0.2, -0.15) is 23.1 Å². The second kappa shape index (κ2) is 10.0. The van der Waals surface area contributed by atoms with E-state index in [1.807, 2.05) is 6.07 Å². The van der Waals surface area contributed by atoms with Crippen LogP contribution in [-0.2, 0) is 11.8 Å². The minimum absolute atomic E-state index is 0.116. The van der Waals surface area contributed by atoms with Gasteiger partial charge in [0.15, 0.2) is 5.82 Å². The molecule has 1 fully saturated rings. The first-order chi connectivity index (χ1) is 14.0. The molecular weight excluding hydrogens is 423 g/mol. The molecule has 1 amide bonds. The van der Waals surface area contributed by atoms with Crippen LogP contribution in [0.1, 0.15) is 47.3 Å². The predicted octanol–water partition coefficient (Wildman–Crippen LogP) is 3.56. The number of hydrogen-bond donors (Lipinski definition) is 2. The van der Waals surface area contributed by atoms with Crippen LogP contribution in [-0.4, -0.2) is 56.1 Å². The number of nitrogens with zero attached hydrogens (tertiary/aromatic N) is 4. The summed E-state index contributed by atoms with van der Waals surface area (Å²) in [5.74, 6) is -1.73. The maximum Gasteiger partial charge on any atom is 0.490 e. The molecule has 3 heterocycles. The van der Waals surface area contributed by atoms with Gasteiger partial charge in [0, 0.05) is 24.5 Å². The van der Waals surface area contributed by atoms with Crippen molar-refractivity contribution in [3.63, 3.8) is 0 Å². The van der Waals surface area contributed by atoms with Crippen LogP contribution >= 0.6 is 11.3 Å². The monoisotopic (exact) mass is 447 g/mol. The van der Waals surface area contributed by atoms with E-state index >= 15 is 0 Å². The van der Waals surface area contributed by atoms with Crippen LogP contribution in [0, 0.1) is 5.92 Å². The third kappa shape index (κ3) is 6.80. The number of aryl methyl sites for hydroxylation is 1. The fourth-order valence-corrected chi connectivity index (χ4v) is 4.14. The summed E-state index contributed by atoms with van der Waals surface area (Å²) < 4.78 is 31.7. The Kier molecular flexibility index (Phi) is 7.96. The highest BCUT2D eigenvalue weighted by atomic mass is 32.1. The normalized spacial score (nSPS) is 17.0. The van der Waals surface area contributed by atoms with E-state index in [2.05, 4.69) is 40.3 Å². The number of likely N-dealkylation sites (tertiary alicyclic amines) is 1. The highest BCUT2D eigenvalue weighted by Crippen LogP contribution is 2.36. The van der Waals surface area contributed by atoms with Gasteiger partial charge in [0.25, 0.3) is 5.91 Å². The molecule has 1 saturated heterocycles. The highest BCUT2D eigenvalue weighted by molar-refractivity contribution is 7.14. The molecular formula is C18H24F3N5O3S. The van der Waals surface area contributed by atoms with Gasteiger partial charge in [-0.25, -0.2) is 4.79 Å². The van der Waals surface area contributed by atoms with Gasteiger partial charge in [-0.05, 0) is 37.4 Å². The highest BCUT2D eigenvalue weighted by Gasteiger charge is 2.38. The Balaban J connectivity index is 0.000000396. The van der Waals surface area contributed by atoms with Crippen LogP contribution in [0.5, 0.6) is 0 Å². The summed E-state index contributed by atoms with van der Waals surface area (Å²) in [7, 11) is 1.72. The summed E-state index contributed by atoms with van der Waals surface area (Å²) >= 11 is 1.59. The van der Waals surface area contributed by atoms with Crippen molar-refractivity contribution >= 4 is 29.0 Å². The number of alkyl halides is 3. The number of carbonyl (C=O) groups excluding carboxylic acids is 1. The average molecular weight is 447 g/mol. The number of halogens is 3. The molecule has 1 atom stereocenters. The molecule has 1 aliphatic heterocycles. The van der Waals surface area contributed by atoms with E-state index in [0.717, 1.165) is 18.0 Å². The van der Waals surface area contributed by atoms with Crippen LogP contribution in [0.4, 0.5) is 19.0 Å². The molecule has 0 saturated carbocycles. The number of amides is 1. The number of aromatic nitrogens is 3. The summed E-state index contributed by atoms with van der Waals surface area (Å²) in [6, 6.07) is 4.47. The lowest BCUT2D eigenvalue weighted by atomic mass is 10.1. The topological polar surface area (TPSA) is 100 Å². The minimum Gasteiger partial charge on any atom is -0.475 e. The predicted molar refractivity (Wildman–Crippen MR) is 105 cm³/mol. The van der Waals surface area contributed by atoms with Crippen LogP contribution in [0.15, 0.2) is 18.3 Å². The van der Waals surface area contributed by atoms with Crippen molar-refractivity contribution in [2.45, 2.75) is 38.9 Å². The zero-order chi connectivity index (χ0) is 22.5. The fourth-order valence-electron chi connectivity index (χ4n) is 3.07. The fraction of sp³-hybridized carbons (Fsp3) is 0.556. The average Bonchev–Trinajstić information content (AvgIpc) is 3.35. The Bertz CT molecular complexity index is 865. The largest absolute Gasteiger partial charge is 0.490 e. The Morgan fingerprint density at radius 3 is 2.57 bits per heavy atom. The molecule has 1 aliphatic rings. The Hall–Kier alpha value is -2.47. The number of rotatable bonds is 5. The molecule has 12 heteroatoms. The molecule has 2 aromatic rings. The van der Waals surface area contributed by atoms with Crippen molar-refractivity contribution in [3.8, 4) is 0 Å². The molecule has 0 spiro atoms. The standard InChI is InChI=1S/C16H23N5OS.C2HF3O2/c1-11(2)10-21-8-4-5-12(21)13-6-7-14(23-13)16(22)18-15-9-17-20(3)19-15;3-2(4,5)1(6)7/h6-7,9,11-12H,4-5,8,10H2,1-3H3,(H,18,19,22);(H,6,7). The lowest BCUT2D eigenvalue weighted by molar-refractivity contribution is -0.192. The van der Waals surface area contributed by atoms with Crippen molar-refractivity contribution in [2.75, 3.05) is 18.4 Å². The van der Waals surface area contributed by atoms with E-state index in [4.69, 9.17) is 9.90 Å². The first-order valence-electron chi connectivity index (χ1n) is 9.29. The summed E-state index contributed by atoms with van der Waals surface area (Å²) in [6.45, 7) is 6.78. The van der Waals surface area contributed by atoms with Crippen LogP contribution < -0.4 is 5.32 Å². The molecule has 3 rings (SSSR count). The zero-order valence-corrected chi connectivity index (χ0v) is 17.6. The Morgan fingerprint density at radius 2 is 2.03 bits per heavy atom. The van der Waals surface area contributed by atoms with Crippen molar-refractivity contribution in [1.82, 2.24) is 19.9 Å². The van der Waals surface area contributed by atoms with Crippen molar-refractivity contribution in [2.24, 2.45) is 13.0 Å². The summed E-state index contributed by atoms with van der Waals surface area (Å²) in [6.07, 6.45) is -1.12. The van der Waals surface area contributed by atoms with E-state index in [0.29, 0.717) is 17.8 Å². The van der Waals surface area contributed by atoms with Gasteiger partial charge in [-0.3, -0.25) is 9.69 Å². The van der Waals surface area contributed by atoms with E-state index in [1.54, 1.807) is 24.6 Å². The zero-order valence-electron chi connectivity index (χ0n) is 16.8. The number of carbonyl (C=O) groups is 2. The molecule has 0 aromatic carbocycles. The number of nitrogens with one attached hydrogen (secondary N) is 1. The van der Waals surface area contributed by atoms with Gasteiger partial charge < -0.3 is 10.4 Å². The number of hydrogen-bond acceptors (Lipinski definition) is 6. The minimum atomic E-state index is -5.08. The maximum atomic E-state index is 12.3. The number of aliphatic carboxylic acids is 1. The molecule has 166 valence electrons. The lowest BCUT2D eigenvalue weighted by Crippen LogP contribution is -2.26. The van der Waals surface area contributed by atoms with E-state index in [1.165, 1.54) is 22.5 Å². The first kappa shape index (κ1) is 23.8. The van der Waals surface area contributed by atoms with Gasteiger partial charge >= 0.3 is 12.1 Å². The third-order valence-electron chi connectivity index (χ3n) is 4.23. The quantitative estimate of drug-likeness (QED) is 0.727. The van der Waals surface area contributed by atoms with Gasteiger partial charge in [-0.15, -0.1) is 16.4 Å². The van der Waals surface area contributed by atoms with Gasteiger partial charge in [-0.1, -0.05) is 13.8 Å². The number of carboxylic acids is 1. The van der Waals surface area contributed by atoms with Crippen LogP contribution in [0.25, 0.3) is 0 Å². The van der Waals surface area contributed by atoms with Crippen LogP contribution in [0.2, 0.25) is 0 Å². The number of anilines is 1. The molecule has 30 heavy (non-hydrogen) atoms. The second-order valence-electron chi connectivity index (χ2n) is 7.23. The molecule has 2 N–H and O–H groups in total. The van der Waals surface area contributed by atoms with E-state index < -0.39 is 12.1 Å². The lowest BCUT2D eigenvalue weighted by Gasteiger charge is -2.25. The van der Waals surface area contributed by atoms with Crippen molar-refractivity contribution in [3.05, 3.63) is 28.1 Å². The summed E-state index contributed by atoms with van der Waals surface area (Å²) in [4.78, 5) is 27.2. The summed E-state index contributed by atoms with van der Waals surface area (Å²) in [5.41, 5.74) is 0. The van der Waals surface area contributed by atoms with E-state index in [9.17, 15) is 18.0 Å². The number of thiophene rings is 1. The van der Waals surface area contributed by atoms with Crippen molar-refractivity contribution in [1.29, 1.82) is 0 Å². The third-order valence-corrected chi connectivity index (χ3v) is 5.41. The smallest absolute Gasteiger partial charge is 0.475 e. The molecule has 8 nitrogen and oxygen atoms in total. The molecule has 0 radical (unpaired) electrons. The van der Waals surface area contributed by atoms with E-state index in [-0.39, 0.29) is 5.91 Å². The number of carboxylic acid groups (broad SMARTS) is 1. The molecule has 0 bridgehead atoms. The Labute approximate surface area is 175 Å². The van der Waals surface area contributed by atoms with Gasteiger partial charge in [0.2, 0.25) is 0 Å². The summed E-state index contributed by atoms with van der Waals surface area (Å²) in [5, 5.41) is 17.9. The van der Waals surface area contributed by atoms with Gasteiger partial charge in [0.05, 0.1) is 11.1 Å². The Morgan fingerprint density at radius 1 is 1.37 bits per heavy atom. The van der Waals surface area contributed by atoms with Gasteiger partial charge in [0.1, 0.15) is 0 Å². The molecule has 0 aliphatic carbocycles. The van der Waals surface area contributed by atoms with Crippen LogP contribution in [0.3, 0.4) is 0 Å². The maximum absolute atomic E-state index is 12.3.